The van der Waals surface area contributed by atoms with Gasteiger partial charge in [-0.1, -0.05) is 12.1 Å². The maximum absolute atomic E-state index is 12.7. The Morgan fingerprint density at radius 3 is 2.83 bits per heavy atom. The molecule has 3 heterocycles. The number of H-pyrrole nitrogens is 1. The molecule has 1 saturated heterocycles. The number of thiazole rings is 1. The number of nitrogens with zero attached hydrogens (tertiary/aromatic N) is 4. The Hall–Kier alpha value is -2.82. The minimum Gasteiger partial charge on any atom is -0.497 e. The van der Waals surface area contributed by atoms with Crippen molar-refractivity contribution in [3.63, 3.8) is 0 Å². The molecule has 29 heavy (non-hydrogen) atoms. The quantitative estimate of drug-likeness (QED) is 0.607. The molecule has 1 fully saturated rings. The highest BCUT2D eigenvalue weighted by Crippen LogP contribution is 2.24. The minimum absolute atomic E-state index is 0.0427. The molecule has 1 aromatic carbocycles. The van der Waals surface area contributed by atoms with E-state index in [2.05, 4.69) is 30.4 Å². The summed E-state index contributed by atoms with van der Waals surface area (Å²) in [5.74, 6) is 1.15. The molecular weight excluding hydrogens is 392 g/mol. The molecule has 0 aliphatic carbocycles. The number of aromatic nitrogens is 4. The third-order valence-corrected chi connectivity index (χ3v) is 5.65. The molecule has 1 aliphatic rings. The van der Waals surface area contributed by atoms with Gasteiger partial charge >= 0.3 is 0 Å². The number of hydrogen-bond donors (Lipinski definition) is 2. The minimum atomic E-state index is -0.209. The highest BCUT2D eigenvalue weighted by atomic mass is 32.1. The van der Waals surface area contributed by atoms with Crippen molar-refractivity contribution < 1.29 is 14.3 Å². The summed E-state index contributed by atoms with van der Waals surface area (Å²) in [5, 5.41) is 12.0. The molecule has 2 aromatic heterocycles. The van der Waals surface area contributed by atoms with E-state index in [-0.39, 0.29) is 11.9 Å². The van der Waals surface area contributed by atoms with Gasteiger partial charge in [0.1, 0.15) is 17.8 Å². The van der Waals surface area contributed by atoms with Gasteiger partial charge in [0, 0.05) is 25.0 Å². The smallest absolute Gasteiger partial charge is 0.270 e. The Morgan fingerprint density at radius 2 is 2.14 bits per heavy atom. The first-order valence-electron chi connectivity index (χ1n) is 9.30. The van der Waals surface area contributed by atoms with E-state index in [1.807, 2.05) is 24.3 Å². The molecule has 4 rings (SSSR count). The topological polar surface area (TPSA) is 105 Å². The average Bonchev–Trinajstić information content (AvgIpc) is 3.47. The van der Waals surface area contributed by atoms with E-state index in [0.29, 0.717) is 36.3 Å². The lowest BCUT2D eigenvalue weighted by Crippen LogP contribution is -2.43. The molecule has 2 N–H and O–H groups in total. The number of amides is 1. The molecule has 1 aliphatic heterocycles. The number of rotatable bonds is 7. The van der Waals surface area contributed by atoms with Crippen LogP contribution < -0.4 is 10.1 Å². The van der Waals surface area contributed by atoms with Crippen LogP contribution in [0, 0.1) is 0 Å². The van der Waals surface area contributed by atoms with E-state index in [4.69, 9.17) is 9.47 Å². The van der Waals surface area contributed by atoms with Crippen molar-refractivity contribution >= 4 is 17.2 Å². The Morgan fingerprint density at radius 1 is 1.34 bits per heavy atom. The van der Waals surface area contributed by atoms with E-state index in [0.717, 1.165) is 24.4 Å². The monoisotopic (exact) mass is 414 g/mol. The predicted molar refractivity (Wildman–Crippen MR) is 108 cm³/mol. The fraction of sp³-hybridized carbons (Fsp3) is 0.368. The van der Waals surface area contributed by atoms with Gasteiger partial charge in [0.05, 0.1) is 26.4 Å². The van der Waals surface area contributed by atoms with Crippen molar-refractivity contribution in [2.45, 2.75) is 6.04 Å². The van der Waals surface area contributed by atoms with Crippen LogP contribution in [0.5, 0.6) is 5.75 Å². The van der Waals surface area contributed by atoms with Crippen LogP contribution in [0.2, 0.25) is 0 Å². The molecular formula is C19H22N6O3S. The first-order valence-corrected chi connectivity index (χ1v) is 10.2. The Kier molecular flexibility index (Phi) is 6.13. The second kappa shape index (κ2) is 9.12. The molecule has 1 amide bonds. The first kappa shape index (κ1) is 19.5. The summed E-state index contributed by atoms with van der Waals surface area (Å²) in [6, 6.07) is 8.00. The lowest BCUT2D eigenvalue weighted by molar-refractivity contribution is 0.0162. The van der Waals surface area contributed by atoms with Crippen LogP contribution >= 0.6 is 11.3 Å². The van der Waals surface area contributed by atoms with E-state index in [9.17, 15) is 4.79 Å². The van der Waals surface area contributed by atoms with Gasteiger partial charge in [-0.3, -0.25) is 14.8 Å². The van der Waals surface area contributed by atoms with Gasteiger partial charge in [-0.05, 0) is 17.7 Å². The number of carbonyl (C=O) groups is 1. The summed E-state index contributed by atoms with van der Waals surface area (Å²) < 4.78 is 10.7. The van der Waals surface area contributed by atoms with Crippen LogP contribution in [0.25, 0.3) is 10.8 Å². The molecule has 3 aromatic rings. The van der Waals surface area contributed by atoms with Gasteiger partial charge in [0.25, 0.3) is 5.91 Å². The van der Waals surface area contributed by atoms with Crippen molar-refractivity contribution in [1.82, 2.24) is 30.4 Å². The van der Waals surface area contributed by atoms with Gasteiger partial charge in [0.15, 0.2) is 10.8 Å². The molecule has 0 spiro atoms. The number of nitrogens with one attached hydrogen (secondary N) is 2. The van der Waals surface area contributed by atoms with Crippen LogP contribution in [-0.4, -0.2) is 70.9 Å². The predicted octanol–water partition coefficient (Wildman–Crippen LogP) is 1.74. The van der Waals surface area contributed by atoms with Gasteiger partial charge in [-0.15, -0.1) is 11.3 Å². The second-order valence-electron chi connectivity index (χ2n) is 6.52. The maximum atomic E-state index is 12.7. The summed E-state index contributed by atoms with van der Waals surface area (Å²) in [6.07, 6.45) is 1.41. The number of hydrogen-bond acceptors (Lipinski definition) is 8. The number of benzene rings is 1. The zero-order valence-electron chi connectivity index (χ0n) is 16.0. The molecule has 0 bridgehead atoms. The standard InChI is InChI=1S/C19H22N6O3S/c1-27-14-4-2-13(3-5-14)16(25-6-8-28-9-7-25)10-20-18(26)15-11-29-19(23-15)17-21-12-22-24-17/h2-5,11-12,16H,6-10H2,1H3,(H,20,26)(H,21,22,24). The Labute approximate surface area is 172 Å². The lowest BCUT2D eigenvalue weighted by atomic mass is 10.0. The number of morpholine rings is 1. The van der Waals surface area contributed by atoms with Crippen LogP contribution in [-0.2, 0) is 4.74 Å². The highest BCUT2D eigenvalue weighted by molar-refractivity contribution is 7.13. The van der Waals surface area contributed by atoms with Gasteiger partial charge < -0.3 is 14.8 Å². The fourth-order valence-electron chi connectivity index (χ4n) is 3.25. The SMILES string of the molecule is COc1ccc(C(CNC(=O)c2csc(-c3ncn[nH]3)n2)N2CCOCC2)cc1. The van der Waals surface area contributed by atoms with Gasteiger partial charge in [-0.25, -0.2) is 9.97 Å². The summed E-state index contributed by atoms with van der Waals surface area (Å²) in [6.45, 7) is 3.48. The fourth-order valence-corrected chi connectivity index (χ4v) is 3.99. The third-order valence-electron chi connectivity index (χ3n) is 4.80. The Balaban J connectivity index is 1.46. The molecule has 152 valence electrons. The second-order valence-corrected chi connectivity index (χ2v) is 7.38. The summed E-state index contributed by atoms with van der Waals surface area (Å²) >= 11 is 1.35. The zero-order chi connectivity index (χ0) is 20.1. The van der Waals surface area contributed by atoms with Crippen LogP contribution in [0.3, 0.4) is 0 Å². The highest BCUT2D eigenvalue weighted by Gasteiger charge is 2.24. The summed E-state index contributed by atoms with van der Waals surface area (Å²) in [7, 11) is 1.65. The van der Waals surface area contributed by atoms with Crippen molar-refractivity contribution in [2.24, 2.45) is 0 Å². The Bertz CT molecular complexity index is 922. The average molecular weight is 414 g/mol. The largest absolute Gasteiger partial charge is 0.497 e. The number of ether oxygens (including phenoxy) is 2. The normalized spacial score (nSPS) is 15.8. The zero-order valence-corrected chi connectivity index (χ0v) is 16.8. The number of methoxy groups -OCH3 is 1. The van der Waals surface area contributed by atoms with Crippen LogP contribution in [0.1, 0.15) is 22.1 Å². The molecule has 0 saturated carbocycles. The number of aromatic amines is 1. The first-order chi connectivity index (χ1) is 14.2. The van der Waals surface area contributed by atoms with Gasteiger partial charge in [-0.2, -0.15) is 5.10 Å². The molecule has 1 unspecified atom stereocenters. The van der Waals surface area contributed by atoms with E-state index >= 15 is 0 Å². The van der Waals surface area contributed by atoms with Crippen LogP contribution in [0.4, 0.5) is 0 Å². The summed E-state index contributed by atoms with van der Waals surface area (Å²) in [5.41, 5.74) is 1.49. The number of carbonyl (C=O) groups excluding carboxylic acids is 1. The van der Waals surface area contributed by atoms with Crippen molar-refractivity contribution in [1.29, 1.82) is 0 Å². The van der Waals surface area contributed by atoms with Crippen molar-refractivity contribution in [3.8, 4) is 16.6 Å². The molecule has 10 heteroatoms. The van der Waals surface area contributed by atoms with Gasteiger partial charge in [0.2, 0.25) is 0 Å². The van der Waals surface area contributed by atoms with Crippen molar-refractivity contribution in [2.75, 3.05) is 40.0 Å². The third kappa shape index (κ3) is 4.61. The summed E-state index contributed by atoms with van der Waals surface area (Å²) in [4.78, 5) is 23.4. The van der Waals surface area contributed by atoms with E-state index < -0.39 is 0 Å². The molecule has 0 radical (unpaired) electrons. The molecule has 9 nitrogen and oxygen atoms in total. The molecule has 1 atom stereocenters. The van der Waals surface area contributed by atoms with E-state index in [1.54, 1.807) is 12.5 Å². The lowest BCUT2D eigenvalue weighted by Gasteiger charge is -2.35. The maximum Gasteiger partial charge on any atom is 0.270 e. The van der Waals surface area contributed by atoms with Crippen LogP contribution in [0.15, 0.2) is 36.0 Å². The van der Waals surface area contributed by atoms with Crippen molar-refractivity contribution in [3.05, 3.63) is 47.2 Å². The van der Waals surface area contributed by atoms with E-state index in [1.165, 1.54) is 17.7 Å².